The smallest absolute Gasteiger partial charge is 0.239 e. The second-order valence-corrected chi connectivity index (χ2v) is 2.33. The SMILES string of the molecule is NNC(=O)Cc1ccc(N)cn1. The third-order valence-corrected chi connectivity index (χ3v) is 1.35. The summed E-state index contributed by atoms with van der Waals surface area (Å²) in [6, 6.07) is 3.37. The molecule has 0 aliphatic carbocycles. The lowest BCUT2D eigenvalue weighted by atomic mass is 10.2. The van der Waals surface area contributed by atoms with Gasteiger partial charge in [-0.1, -0.05) is 0 Å². The highest BCUT2D eigenvalue weighted by molar-refractivity contribution is 5.77. The predicted octanol–water partition coefficient (Wildman–Crippen LogP) is -0.804. The molecule has 1 aromatic heterocycles. The molecule has 0 spiro atoms. The van der Waals surface area contributed by atoms with Gasteiger partial charge in [0.15, 0.2) is 0 Å². The summed E-state index contributed by atoms with van der Waals surface area (Å²) in [5.74, 6) is 4.63. The van der Waals surface area contributed by atoms with Gasteiger partial charge in [-0.2, -0.15) is 0 Å². The van der Waals surface area contributed by atoms with E-state index in [4.69, 9.17) is 11.6 Å². The number of hydrogen-bond acceptors (Lipinski definition) is 4. The Labute approximate surface area is 69.7 Å². The van der Waals surface area contributed by atoms with Crippen molar-refractivity contribution < 1.29 is 4.79 Å². The first-order valence-corrected chi connectivity index (χ1v) is 3.42. The summed E-state index contributed by atoms with van der Waals surface area (Å²) >= 11 is 0. The Morgan fingerprint density at radius 2 is 2.33 bits per heavy atom. The lowest BCUT2D eigenvalue weighted by Crippen LogP contribution is -2.31. The van der Waals surface area contributed by atoms with Gasteiger partial charge in [0.25, 0.3) is 0 Å². The van der Waals surface area contributed by atoms with Gasteiger partial charge in [-0.05, 0) is 12.1 Å². The number of hydrogen-bond donors (Lipinski definition) is 3. The Kier molecular flexibility index (Phi) is 2.60. The molecule has 5 N–H and O–H groups in total. The summed E-state index contributed by atoms with van der Waals surface area (Å²) in [5, 5.41) is 0. The number of nitrogen functional groups attached to an aromatic ring is 1. The third kappa shape index (κ3) is 2.21. The Morgan fingerprint density at radius 1 is 1.58 bits per heavy atom. The summed E-state index contributed by atoms with van der Waals surface area (Å²) < 4.78 is 0. The maximum Gasteiger partial charge on any atom is 0.239 e. The molecule has 1 amide bonds. The monoisotopic (exact) mass is 166 g/mol. The largest absolute Gasteiger partial charge is 0.397 e. The van der Waals surface area contributed by atoms with Crippen LogP contribution in [-0.2, 0) is 11.2 Å². The molecule has 0 unspecified atom stereocenters. The fourth-order valence-corrected chi connectivity index (χ4v) is 0.756. The molecule has 0 saturated carbocycles. The molecular weight excluding hydrogens is 156 g/mol. The van der Waals surface area contributed by atoms with Crippen LogP contribution in [0.5, 0.6) is 0 Å². The molecule has 0 aliphatic heterocycles. The molecule has 0 saturated heterocycles. The minimum atomic E-state index is -0.271. The molecule has 0 radical (unpaired) electrons. The number of nitrogens with one attached hydrogen (secondary N) is 1. The van der Waals surface area contributed by atoms with Crippen molar-refractivity contribution in [2.45, 2.75) is 6.42 Å². The van der Waals surface area contributed by atoms with E-state index >= 15 is 0 Å². The van der Waals surface area contributed by atoms with Crippen molar-refractivity contribution in [1.82, 2.24) is 10.4 Å². The van der Waals surface area contributed by atoms with E-state index in [9.17, 15) is 4.79 Å². The molecular formula is C7H10N4O. The molecule has 5 heteroatoms. The zero-order chi connectivity index (χ0) is 8.97. The van der Waals surface area contributed by atoms with Crippen molar-refractivity contribution >= 4 is 11.6 Å². The number of carbonyl (C=O) groups is 1. The molecule has 0 atom stereocenters. The average molecular weight is 166 g/mol. The van der Waals surface area contributed by atoms with E-state index in [0.29, 0.717) is 11.4 Å². The fourth-order valence-electron chi connectivity index (χ4n) is 0.756. The number of hydrazine groups is 1. The minimum absolute atomic E-state index is 0.177. The van der Waals surface area contributed by atoms with E-state index in [1.165, 1.54) is 6.20 Å². The van der Waals surface area contributed by atoms with E-state index in [0.717, 1.165) is 0 Å². The van der Waals surface area contributed by atoms with Crippen molar-refractivity contribution in [2.24, 2.45) is 5.84 Å². The number of carbonyl (C=O) groups excluding carboxylic acids is 1. The number of rotatable bonds is 2. The summed E-state index contributed by atoms with van der Waals surface area (Å²) in [5.41, 5.74) is 8.64. The lowest BCUT2D eigenvalue weighted by Gasteiger charge is -1.98. The predicted molar refractivity (Wildman–Crippen MR) is 44.7 cm³/mol. The van der Waals surface area contributed by atoms with E-state index in [-0.39, 0.29) is 12.3 Å². The average Bonchev–Trinajstić information content (AvgIpc) is 2.09. The number of nitrogens with two attached hydrogens (primary N) is 2. The van der Waals surface area contributed by atoms with Crippen LogP contribution < -0.4 is 17.0 Å². The Balaban J connectivity index is 2.64. The van der Waals surface area contributed by atoms with Crippen LogP contribution in [0.1, 0.15) is 5.69 Å². The first-order chi connectivity index (χ1) is 5.72. The maximum atomic E-state index is 10.8. The van der Waals surface area contributed by atoms with Crippen LogP contribution in [0.25, 0.3) is 0 Å². The van der Waals surface area contributed by atoms with E-state index in [2.05, 4.69) is 4.98 Å². The molecule has 1 rings (SSSR count). The molecule has 12 heavy (non-hydrogen) atoms. The third-order valence-electron chi connectivity index (χ3n) is 1.35. The Bertz CT molecular complexity index is 269. The first kappa shape index (κ1) is 8.48. The molecule has 5 nitrogen and oxygen atoms in total. The van der Waals surface area contributed by atoms with Gasteiger partial charge >= 0.3 is 0 Å². The summed E-state index contributed by atoms with van der Waals surface area (Å²) in [7, 11) is 0. The quantitative estimate of drug-likeness (QED) is 0.304. The van der Waals surface area contributed by atoms with Gasteiger partial charge in [0.05, 0.1) is 18.3 Å². The number of anilines is 1. The standard InChI is InChI=1S/C7H10N4O/c8-5-1-2-6(10-4-5)3-7(12)11-9/h1-2,4H,3,8-9H2,(H,11,12). The van der Waals surface area contributed by atoms with Gasteiger partial charge in [0.2, 0.25) is 5.91 Å². The number of amides is 1. The zero-order valence-electron chi connectivity index (χ0n) is 6.45. The zero-order valence-corrected chi connectivity index (χ0v) is 6.45. The Morgan fingerprint density at radius 3 is 2.83 bits per heavy atom. The van der Waals surface area contributed by atoms with Crippen LogP contribution in [0.4, 0.5) is 5.69 Å². The molecule has 1 heterocycles. The highest BCUT2D eigenvalue weighted by atomic mass is 16.2. The number of pyridine rings is 1. The van der Waals surface area contributed by atoms with Crippen molar-refractivity contribution in [3.63, 3.8) is 0 Å². The molecule has 0 aromatic carbocycles. The normalized spacial score (nSPS) is 9.42. The topological polar surface area (TPSA) is 94.0 Å². The van der Waals surface area contributed by atoms with Gasteiger partial charge in [0.1, 0.15) is 0 Å². The highest BCUT2D eigenvalue weighted by Crippen LogP contribution is 2.01. The minimum Gasteiger partial charge on any atom is -0.397 e. The van der Waals surface area contributed by atoms with E-state index < -0.39 is 0 Å². The summed E-state index contributed by atoms with van der Waals surface area (Å²) in [4.78, 5) is 14.7. The fraction of sp³-hybridized carbons (Fsp3) is 0.143. The molecule has 0 aliphatic rings. The summed E-state index contributed by atoms with van der Waals surface area (Å²) in [6.07, 6.45) is 1.68. The van der Waals surface area contributed by atoms with Crippen LogP contribution in [0, 0.1) is 0 Å². The van der Waals surface area contributed by atoms with Crippen LogP contribution in [-0.4, -0.2) is 10.9 Å². The van der Waals surface area contributed by atoms with Crippen LogP contribution in [0.3, 0.4) is 0 Å². The van der Waals surface area contributed by atoms with Crippen LogP contribution in [0.2, 0.25) is 0 Å². The lowest BCUT2D eigenvalue weighted by molar-refractivity contribution is -0.120. The van der Waals surface area contributed by atoms with Gasteiger partial charge in [-0.3, -0.25) is 15.2 Å². The molecule has 0 fully saturated rings. The molecule has 1 aromatic rings. The van der Waals surface area contributed by atoms with Crippen molar-refractivity contribution in [3.05, 3.63) is 24.0 Å². The first-order valence-electron chi connectivity index (χ1n) is 3.42. The van der Waals surface area contributed by atoms with E-state index in [1.807, 2.05) is 5.43 Å². The molecule has 0 bridgehead atoms. The number of nitrogens with zero attached hydrogens (tertiary/aromatic N) is 1. The summed E-state index contributed by atoms with van der Waals surface area (Å²) in [6.45, 7) is 0. The van der Waals surface area contributed by atoms with Gasteiger partial charge in [0, 0.05) is 5.69 Å². The van der Waals surface area contributed by atoms with Crippen molar-refractivity contribution in [2.75, 3.05) is 5.73 Å². The van der Waals surface area contributed by atoms with Crippen molar-refractivity contribution in [3.8, 4) is 0 Å². The van der Waals surface area contributed by atoms with E-state index in [1.54, 1.807) is 12.1 Å². The Hall–Kier alpha value is -1.62. The van der Waals surface area contributed by atoms with Crippen LogP contribution >= 0.6 is 0 Å². The number of aromatic nitrogens is 1. The highest BCUT2D eigenvalue weighted by Gasteiger charge is 2.00. The maximum absolute atomic E-state index is 10.8. The van der Waals surface area contributed by atoms with Gasteiger partial charge in [-0.15, -0.1) is 0 Å². The molecule has 64 valence electrons. The second kappa shape index (κ2) is 3.68. The second-order valence-electron chi connectivity index (χ2n) is 2.33. The van der Waals surface area contributed by atoms with Crippen molar-refractivity contribution in [1.29, 1.82) is 0 Å². The van der Waals surface area contributed by atoms with Gasteiger partial charge in [-0.25, -0.2) is 5.84 Å². The van der Waals surface area contributed by atoms with Crippen LogP contribution in [0.15, 0.2) is 18.3 Å². The van der Waals surface area contributed by atoms with Gasteiger partial charge < -0.3 is 5.73 Å².